The predicted octanol–water partition coefficient (Wildman–Crippen LogP) is 1.25. The SMILES string of the molecule is CNC(=O)[C@@H](C)N1CCN(Cc2ccccc2C)CC1. The van der Waals surface area contributed by atoms with Gasteiger partial charge in [0.05, 0.1) is 6.04 Å². The number of amides is 1. The van der Waals surface area contributed by atoms with Gasteiger partial charge < -0.3 is 5.32 Å². The third-order valence-electron chi connectivity index (χ3n) is 4.24. The Hall–Kier alpha value is -1.39. The molecule has 1 saturated heterocycles. The monoisotopic (exact) mass is 275 g/mol. The van der Waals surface area contributed by atoms with Crippen molar-refractivity contribution in [1.82, 2.24) is 15.1 Å². The van der Waals surface area contributed by atoms with Crippen molar-refractivity contribution in [3.63, 3.8) is 0 Å². The molecular formula is C16H25N3O. The summed E-state index contributed by atoms with van der Waals surface area (Å²) in [5.74, 6) is 0.109. The number of aryl methyl sites for hydroxylation is 1. The van der Waals surface area contributed by atoms with Crippen LogP contribution in [-0.4, -0.2) is 55.0 Å². The molecule has 1 aliphatic rings. The summed E-state index contributed by atoms with van der Waals surface area (Å²) < 4.78 is 0. The summed E-state index contributed by atoms with van der Waals surface area (Å²) in [6.45, 7) is 9.12. The number of nitrogens with zero attached hydrogens (tertiary/aromatic N) is 2. The van der Waals surface area contributed by atoms with Gasteiger partial charge in [0.15, 0.2) is 0 Å². The second kappa shape index (κ2) is 6.86. The summed E-state index contributed by atoms with van der Waals surface area (Å²) in [6, 6.07) is 8.53. The minimum atomic E-state index is -0.0272. The summed E-state index contributed by atoms with van der Waals surface area (Å²) in [6.07, 6.45) is 0. The van der Waals surface area contributed by atoms with E-state index in [1.165, 1.54) is 11.1 Å². The van der Waals surface area contributed by atoms with E-state index in [1.807, 2.05) is 6.92 Å². The molecule has 1 aromatic rings. The fraction of sp³-hybridized carbons (Fsp3) is 0.562. The Bertz CT molecular complexity index is 453. The van der Waals surface area contributed by atoms with Crippen molar-refractivity contribution in [2.24, 2.45) is 0 Å². The number of rotatable bonds is 4. The topological polar surface area (TPSA) is 35.6 Å². The highest BCUT2D eigenvalue weighted by Gasteiger charge is 2.24. The lowest BCUT2D eigenvalue weighted by atomic mass is 10.1. The van der Waals surface area contributed by atoms with Crippen LogP contribution in [0.15, 0.2) is 24.3 Å². The number of carbonyl (C=O) groups excluding carboxylic acids is 1. The van der Waals surface area contributed by atoms with E-state index in [0.717, 1.165) is 32.7 Å². The van der Waals surface area contributed by atoms with E-state index in [-0.39, 0.29) is 11.9 Å². The van der Waals surface area contributed by atoms with Crippen LogP contribution in [0.2, 0.25) is 0 Å². The van der Waals surface area contributed by atoms with E-state index in [9.17, 15) is 4.79 Å². The minimum absolute atomic E-state index is 0.0272. The van der Waals surface area contributed by atoms with Crippen molar-refractivity contribution >= 4 is 5.91 Å². The lowest BCUT2D eigenvalue weighted by Crippen LogP contribution is -2.53. The zero-order valence-corrected chi connectivity index (χ0v) is 12.7. The first-order valence-electron chi connectivity index (χ1n) is 7.34. The molecule has 0 radical (unpaired) electrons. The van der Waals surface area contributed by atoms with Gasteiger partial charge in [-0.25, -0.2) is 0 Å². The van der Waals surface area contributed by atoms with Crippen molar-refractivity contribution in [2.45, 2.75) is 26.4 Å². The second-order valence-corrected chi connectivity index (χ2v) is 5.53. The molecule has 1 atom stereocenters. The van der Waals surface area contributed by atoms with Gasteiger partial charge in [0, 0.05) is 39.8 Å². The molecule has 4 heteroatoms. The van der Waals surface area contributed by atoms with Crippen LogP contribution in [0, 0.1) is 6.92 Å². The number of benzene rings is 1. The van der Waals surface area contributed by atoms with Gasteiger partial charge in [-0.3, -0.25) is 14.6 Å². The first kappa shape index (κ1) is 15.0. The summed E-state index contributed by atoms with van der Waals surface area (Å²) in [7, 11) is 1.70. The molecule has 1 N–H and O–H groups in total. The van der Waals surface area contributed by atoms with Crippen LogP contribution >= 0.6 is 0 Å². The van der Waals surface area contributed by atoms with E-state index in [0.29, 0.717) is 0 Å². The highest BCUT2D eigenvalue weighted by molar-refractivity contribution is 5.80. The molecule has 1 aliphatic heterocycles. The number of hydrogen-bond acceptors (Lipinski definition) is 3. The molecule has 1 aromatic carbocycles. The molecule has 0 aliphatic carbocycles. The summed E-state index contributed by atoms with van der Waals surface area (Å²) >= 11 is 0. The average Bonchev–Trinajstić information content (AvgIpc) is 2.49. The molecule has 110 valence electrons. The Morgan fingerprint density at radius 3 is 2.50 bits per heavy atom. The lowest BCUT2D eigenvalue weighted by molar-refractivity contribution is -0.126. The Morgan fingerprint density at radius 1 is 1.25 bits per heavy atom. The maximum absolute atomic E-state index is 11.7. The van der Waals surface area contributed by atoms with Crippen molar-refractivity contribution in [1.29, 1.82) is 0 Å². The second-order valence-electron chi connectivity index (χ2n) is 5.53. The van der Waals surface area contributed by atoms with Crippen LogP contribution in [0.3, 0.4) is 0 Å². The van der Waals surface area contributed by atoms with E-state index >= 15 is 0 Å². The Labute approximate surface area is 121 Å². The van der Waals surface area contributed by atoms with Gasteiger partial charge in [-0.15, -0.1) is 0 Å². The van der Waals surface area contributed by atoms with Gasteiger partial charge in [0.2, 0.25) is 5.91 Å². The van der Waals surface area contributed by atoms with Gasteiger partial charge in [-0.1, -0.05) is 24.3 Å². The molecule has 0 bridgehead atoms. The van der Waals surface area contributed by atoms with Crippen molar-refractivity contribution in [3.05, 3.63) is 35.4 Å². The smallest absolute Gasteiger partial charge is 0.236 e. The molecule has 2 rings (SSSR count). The first-order chi connectivity index (χ1) is 9.61. The van der Waals surface area contributed by atoms with E-state index < -0.39 is 0 Å². The first-order valence-corrected chi connectivity index (χ1v) is 7.34. The molecule has 0 saturated carbocycles. The molecule has 20 heavy (non-hydrogen) atoms. The van der Waals surface area contributed by atoms with E-state index in [2.05, 4.69) is 46.3 Å². The Kier molecular flexibility index (Phi) is 5.15. The molecule has 1 fully saturated rings. The third-order valence-corrected chi connectivity index (χ3v) is 4.24. The number of piperazine rings is 1. The summed E-state index contributed by atoms with van der Waals surface area (Å²) in [5, 5.41) is 2.73. The molecule has 0 unspecified atom stereocenters. The van der Waals surface area contributed by atoms with Crippen LogP contribution < -0.4 is 5.32 Å². The van der Waals surface area contributed by atoms with Gasteiger partial charge in [-0.05, 0) is 25.0 Å². The highest BCUT2D eigenvalue weighted by atomic mass is 16.2. The maximum Gasteiger partial charge on any atom is 0.236 e. The zero-order valence-electron chi connectivity index (χ0n) is 12.7. The lowest BCUT2D eigenvalue weighted by Gasteiger charge is -2.37. The van der Waals surface area contributed by atoms with Crippen molar-refractivity contribution in [3.8, 4) is 0 Å². The fourth-order valence-electron chi connectivity index (χ4n) is 2.71. The number of carbonyl (C=O) groups is 1. The fourth-order valence-corrected chi connectivity index (χ4v) is 2.71. The molecule has 0 aromatic heterocycles. The quantitative estimate of drug-likeness (QED) is 0.898. The average molecular weight is 275 g/mol. The predicted molar refractivity (Wildman–Crippen MR) is 81.6 cm³/mol. The van der Waals surface area contributed by atoms with Crippen LogP contribution in [0.1, 0.15) is 18.1 Å². The summed E-state index contributed by atoms with van der Waals surface area (Å²) in [5.41, 5.74) is 2.76. The van der Waals surface area contributed by atoms with E-state index in [4.69, 9.17) is 0 Å². The standard InChI is InChI=1S/C16H25N3O/c1-13-6-4-5-7-15(13)12-18-8-10-19(11-9-18)14(2)16(20)17-3/h4-7,14H,8-12H2,1-3H3,(H,17,20)/t14-/m1/s1. The van der Waals surface area contributed by atoms with Crippen molar-refractivity contribution < 1.29 is 4.79 Å². The maximum atomic E-state index is 11.7. The van der Waals surface area contributed by atoms with Crippen molar-refractivity contribution in [2.75, 3.05) is 33.2 Å². The van der Waals surface area contributed by atoms with Crippen LogP contribution in [0.5, 0.6) is 0 Å². The molecule has 4 nitrogen and oxygen atoms in total. The van der Waals surface area contributed by atoms with Gasteiger partial charge in [-0.2, -0.15) is 0 Å². The van der Waals surface area contributed by atoms with Crippen LogP contribution in [0.4, 0.5) is 0 Å². The van der Waals surface area contributed by atoms with Crippen LogP contribution in [0.25, 0.3) is 0 Å². The normalized spacial score (nSPS) is 18.8. The highest BCUT2D eigenvalue weighted by Crippen LogP contribution is 2.13. The largest absolute Gasteiger partial charge is 0.358 e. The number of hydrogen-bond donors (Lipinski definition) is 1. The number of likely N-dealkylation sites (N-methyl/N-ethyl adjacent to an activating group) is 1. The molecular weight excluding hydrogens is 250 g/mol. The van der Waals surface area contributed by atoms with Gasteiger partial charge in [0.1, 0.15) is 0 Å². The Morgan fingerprint density at radius 2 is 1.90 bits per heavy atom. The number of nitrogens with one attached hydrogen (secondary N) is 1. The van der Waals surface area contributed by atoms with Gasteiger partial charge >= 0.3 is 0 Å². The minimum Gasteiger partial charge on any atom is -0.358 e. The zero-order chi connectivity index (χ0) is 14.5. The summed E-state index contributed by atoms with van der Waals surface area (Å²) in [4.78, 5) is 16.4. The molecule has 0 spiro atoms. The third kappa shape index (κ3) is 3.58. The molecule has 1 heterocycles. The van der Waals surface area contributed by atoms with Crippen LogP contribution in [-0.2, 0) is 11.3 Å². The Balaban J connectivity index is 1.86. The van der Waals surface area contributed by atoms with E-state index in [1.54, 1.807) is 7.05 Å². The van der Waals surface area contributed by atoms with Gasteiger partial charge in [0.25, 0.3) is 0 Å². The molecule has 1 amide bonds.